The first kappa shape index (κ1) is 13.5. The molecule has 2 N–H and O–H groups in total. The predicted molar refractivity (Wildman–Crippen MR) is 69.6 cm³/mol. The topological polar surface area (TPSA) is 74.8 Å². The predicted octanol–water partition coefficient (Wildman–Crippen LogP) is 1.68. The van der Waals surface area contributed by atoms with Gasteiger partial charge in [-0.3, -0.25) is 0 Å². The number of aromatic nitrogens is 2. The maximum Gasteiger partial charge on any atom is 0.257 e. The van der Waals surface area contributed by atoms with Crippen LogP contribution in [-0.4, -0.2) is 24.9 Å². The summed E-state index contributed by atoms with van der Waals surface area (Å²) < 4.78 is 26.7. The Hall–Kier alpha value is -0.880. The molecule has 1 aromatic heterocycles. The molecule has 1 heterocycles. The van der Waals surface area contributed by atoms with Crippen molar-refractivity contribution in [2.45, 2.75) is 39.6 Å². The van der Waals surface area contributed by atoms with Crippen molar-refractivity contribution in [2.24, 2.45) is 16.7 Å². The highest BCUT2D eigenvalue weighted by molar-refractivity contribution is 7.89. The fraction of sp³-hybridized carbons (Fsp3) is 0.750. The molecule has 0 aromatic carbocycles. The van der Waals surface area contributed by atoms with Crippen molar-refractivity contribution in [1.29, 1.82) is 0 Å². The minimum atomic E-state index is -3.46. The molecule has 18 heavy (non-hydrogen) atoms. The van der Waals surface area contributed by atoms with Gasteiger partial charge < -0.3 is 4.98 Å². The summed E-state index contributed by atoms with van der Waals surface area (Å²) in [5.41, 5.74) is 0.360. The standard InChI is InChI=1S/C12H21N3O2S/c1-8-13-7-10(15-8)18(16,17)14-6-9-11(2,3)12(9,4)5/h7,9,14H,6H2,1-5H3,(H,13,15). The maximum atomic E-state index is 12.0. The van der Waals surface area contributed by atoms with Gasteiger partial charge in [-0.2, -0.15) is 0 Å². The lowest BCUT2D eigenvalue weighted by Crippen LogP contribution is -2.27. The number of nitrogens with zero attached hydrogens (tertiary/aromatic N) is 1. The van der Waals surface area contributed by atoms with Gasteiger partial charge in [-0.05, 0) is 23.7 Å². The Balaban J connectivity index is 2.04. The van der Waals surface area contributed by atoms with E-state index < -0.39 is 10.0 Å². The van der Waals surface area contributed by atoms with Gasteiger partial charge in [0.2, 0.25) is 0 Å². The highest BCUT2D eigenvalue weighted by Crippen LogP contribution is 2.67. The Morgan fingerprint density at radius 1 is 1.33 bits per heavy atom. The second-order valence-electron chi connectivity index (χ2n) is 6.18. The van der Waals surface area contributed by atoms with E-state index in [0.717, 1.165) is 0 Å². The Morgan fingerprint density at radius 3 is 2.28 bits per heavy atom. The molecule has 0 radical (unpaired) electrons. The summed E-state index contributed by atoms with van der Waals surface area (Å²) in [6.07, 6.45) is 1.35. The van der Waals surface area contributed by atoms with Crippen molar-refractivity contribution in [3.8, 4) is 0 Å². The zero-order valence-corrected chi connectivity index (χ0v) is 12.4. The average molecular weight is 271 g/mol. The molecule has 0 amide bonds. The molecule has 2 rings (SSSR count). The normalized spacial score (nSPS) is 22.1. The molecule has 1 saturated carbocycles. The van der Waals surface area contributed by atoms with Crippen LogP contribution in [-0.2, 0) is 10.0 Å². The zero-order valence-electron chi connectivity index (χ0n) is 11.5. The van der Waals surface area contributed by atoms with E-state index in [-0.39, 0.29) is 15.9 Å². The molecule has 1 fully saturated rings. The summed E-state index contributed by atoms with van der Waals surface area (Å²) in [6, 6.07) is 0. The molecule has 1 aliphatic rings. The zero-order chi connectivity index (χ0) is 13.8. The van der Waals surface area contributed by atoms with E-state index in [1.165, 1.54) is 6.20 Å². The lowest BCUT2D eigenvalue weighted by molar-refractivity contribution is 0.457. The summed E-state index contributed by atoms with van der Waals surface area (Å²) in [4.78, 5) is 6.65. The molecule has 0 unspecified atom stereocenters. The third kappa shape index (κ3) is 1.97. The summed E-state index contributed by atoms with van der Waals surface area (Å²) >= 11 is 0. The Bertz CT molecular complexity index is 544. The quantitative estimate of drug-likeness (QED) is 0.875. The number of aromatic amines is 1. The fourth-order valence-corrected chi connectivity index (χ4v) is 3.66. The highest BCUT2D eigenvalue weighted by atomic mass is 32.2. The van der Waals surface area contributed by atoms with Gasteiger partial charge in [0.25, 0.3) is 10.0 Å². The molecule has 1 aromatic rings. The SMILES string of the molecule is Cc1ncc(S(=O)(=O)NCC2C(C)(C)C2(C)C)[nH]1. The van der Waals surface area contributed by atoms with Gasteiger partial charge in [0.15, 0.2) is 5.03 Å². The summed E-state index contributed by atoms with van der Waals surface area (Å²) in [5.74, 6) is 0.964. The van der Waals surface area contributed by atoms with Gasteiger partial charge in [-0.25, -0.2) is 18.1 Å². The van der Waals surface area contributed by atoms with E-state index in [2.05, 4.69) is 42.4 Å². The highest BCUT2D eigenvalue weighted by Gasteiger charge is 2.64. The van der Waals surface area contributed by atoms with Crippen molar-refractivity contribution in [2.75, 3.05) is 6.54 Å². The van der Waals surface area contributed by atoms with Crippen LogP contribution in [0.15, 0.2) is 11.2 Å². The molecule has 1 aliphatic carbocycles. The molecule has 5 nitrogen and oxygen atoms in total. The van der Waals surface area contributed by atoms with Crippen molar-refractivity contribution in [3.63, 3.8) is 0 Å². The number of hydrogen-bond donors (Lipinski definition) is 2. The Labute approximate surface area is 108 Å². The lowest BCUT2D eigenvalue weighted by atomic mass is 10.0. The Morgan fingerprint density at radius 2 is 1.89 bits per heavy atom. The smallest absolute Gasteiger partial charge is 0.257 e. The van der Waals surface area contributed by atoms with E-state index in [0.29, 0.717) is 18.3 Å². The van der Waals surface area contributed by atoms with Gasteiger partial charge in [0.1, 0.15) is 5.82 Å². The third-order valence-electron chi connectivity index (χ3n) is 4.77. The molecule has 0 atom stereocenters. The van der Waals surface area contributed by atoms with Gasteiger partial charge >= 0.3 is 0 Å². The second-order valence-corrected chi connectivity index (χ2v) is 7.92. The first-order chi connectivity index (χ1) is 8.09. The molecule has 0 aliphatic heterocycles. The van der Waals surface area contributed by atoms with Gasteiger partial charge in [0.05, 0.1) is 6.20 Å². The van der Waals surface area contributed by atoms with Crippen LogP contribution < -0.4 is 4.72 Å². The van der Waals surface area contributed by atoms with Crippen LogP contribution >= 0.6 is 0 Å². The molecule has 102 valence electrons. The first-order valence-corrected chi connectivity index (χ1v) is 7.58. The van der Waals surface area contributed by atoms with E-state index in [9.17, 15) is 8.42 Å². The van der Waals surface area contributed by atoms with Crippen LogP contribution in [0.2, 0.25) is 0 Å². The number of hydrogen-bond acceptors (Lipinski definition) is 3. The fourth-order valence-electron chi connectivity index (χ4n) is 2.65. The van der Waals surface area contributed by atoms with Crippen molar-refractivity contribution < 1.29 is 8.42 Å². The summed E-state index contributed by atoms with van der Waals surface area (Å²) in [7, 11) is -3.46. The van der Waals surface area contributed by atoms with Gasteiger partial charge in [-0.1, -0.05) is 27.7 Å². The number of sulfonamides is 1. The van der Waals surface area contributed by atoms with Crippen LogP contribution in [0, 0.1) is 23.7 Å². The second kappa shape index (κ2) is 3.81. The van der Waals surface area contributed by atoms with E-state index in [1.807, 2.05) is 0 Å². The van der Waals surface area contributed by atoms with Crippen LogP contribution in [0.25, 0.3) is 0 Å². The molecule has 6 heteroatoms. The lowest BCUT2D eigenvalue weighted by Gasteiger charge is -2.05. The minimum Gasteiger partial charge on any atom is -0.332 e. The molecule has 0 saturated heterocycles. The van der Waals surface area contributed by atoms with E-state index >= 15 is 0 Å². The molecule has 0 bridgehead atoms. The van der Waals surface area contributed by atoms with Crippen LogP contribution in [0.3, 0.4) is 0 Å². The van der Waals surface area contributed by atoms with Crippen molar-refractivity contribution >= 4 is 10.0 Å². The largest absolute Gasteiger partial charge is 0.332 e. The van der Waals surface area contributed by atoms with Gasteiger partial charge in [-0.15, -0.1) is 0 Å². The number of imidazole rings is 1. The number of H-pyrrole nitrogens is 1. The monoisotopic (exact) mass is 271 g/mol. The number of aryl methyl sites for hydroxylation is 1. The Kier molecular flexibility index (Phi) is 2.86. The summed E-state index contributed by atoms with van der Waals surface area (Å²) in [6.45, 7) is 10.9. The summed E-state index contributed by atoms with van der Waals surface area (Å²) in [5, 5.41) is 0.135. The molecular weight excluding hydrogens is 250 g/mol. The van der Waals surface area contributed by atoms with Gasteiger partial charge in [0, 0.05) is 6.54 Å². The van der Waals surface area contributed by atoms with Crippen LogP contribution in [0.1, 0.15) is 33.5 Å². The van der Waals surface area contributed by atoms with Crippen molar-refractivity contribution in [1.82, 2.24) is 14.7 Å². The van der Waals surface area contributed by atoms with Crippen LogP contribution in [0.5, 0.6) is 0 Å². The minimum absolute atomic E-state index is 0.135. The van der Waals surface area contributed by atoms with Crippen LogP contribution in [0.4, 0.5) is 0 Å². The third-order valence-corrected chi connectivity index (χ3v) is 6.10. The average Bonchev–Trinajstić information content (AvgIpc) is 2.57. The number of nitrogens with one attached hydrogen (secondary N) is 2. The molecular formula is C12H21N3O2S. The maximum absolute atomic E-state index is 12.0. The molecule has 0 spiro atoms. The number of rotatable bonds is 4. The van der Waals surface area contributed by atoms with E-state index in [4.69, 9.17) is 0 Å². The first-order valence-electron chi connectivity index (χ1n) is 6.10. The van der Waals surface area contributed by atoms with E-state index in [1.54, 1.807) is 6.92 Å². The van der Waals surface area contributed by atoms with Crippen molar-refractivity contribution in [3.05, 3.63) is 12.0 Å².